The van der Waals surface area contributed by atoms with Gasteiger partial charge in [0.05, 0.1) is 12.1 Å². The minimum Gasteiger partial charge on any atom is -0.457 e. The van der Waals surface area contributed by atoms with Gasteiger partial charge in [-0.1, -0.05) is 43.7 Å². The van der Waals surface area contributed by atoms with Gasteiger partial charge in [0.1, 0.15) is 6.61 Å². The minimum atomic E-state index is -0.292. The number of carbonyl (C=O) groups is 1. The highest BCUT2D eigenvalue weighted by molar-refractivity contribution is 7.80. The molecule has 0 saturated heterocycles. The van der Waals surface area contributed by atoms with Crippen LogP contribution in [0.5, 0.6) is 0 Å². The van der Waals surface area contributed by atoms with Crippen LogP contribution in [0.3, 0.4) is 0 Å². The Hall–Kier alpha value is -1.88. The van der Waals surface area contributed by atoms with E-state index in [-0.39, 0.29) is 12.6 Å². The third kappa shape index (κ3) is 3.81. The zero-order valence-corrected chi connectivity index (χ0v) is 12.3. The van der Waals surface area contributed by atoms with E-state index in [2.05, 4.69) is 17.6 Å². The van der Waals surface area contributed by atoms with Crippen LogP contribution in [-0.2, 0) is 16.1 Å². The van der Waals surface area contributed by atoms with Crippen molar-refractivity contribution in [2.45, 2.75) is 26.4 Å². The molecule has 4 nitrogen and oxygen atoms in total. The lowest BCUT2D eigenvalue weighted by Crippen LogP contribution is -2.43. The van der Waals surface area contributed by atoms with Crippen LogP contribution in [0.1, 0.15) is 25.3 Å². The largest absolute Gasteiger partial charge is 0.457 e. The van der Waals surface area contributed by atoms with Crippen LogP contribution < -0.4 is 10.6 Å². The average molecular weight is 290 g/mol. The van der Waals surface area contributed by atoms with E-state index >= 15 is 0 Å². The van der Waals surface area contributed by atoms with Crippen molar-refractivity contribution >= 4 is 23.3 Å². The molecule has 20 heavy (non-hydrogen) atoms. The van der Waals surface area contributed by atoms with Crippen molar-refractivity contribution in [1.29, 1.82) is 0 Å². The fraction of sp³-hybridized carbons (Fsp3) is 0.333. The number of carbonyl (C=O) groups excluding carboxylic acids is 1. The maximum Gasteiger partial charge on any atom is 0.337 e. The summed E-state index contributed by atoms with van der Waals surface area (Å²) in [6, 6.07) is 9.64. The summed E-state index contributed by atoms with van der Waals surface area (Å²) in [5, 5.41) is 6.57. The third-order valence-corrected chi connectivity index (χ3v) is 3.26. The molecule has 0 spiro atoms. The second-order valence-corrected chi connectivity index (χ2v) is 4.98. The molecule has 1 heterocycles. The zero-order valence-electron chi connectivity index (χ0n) is 11.4. The molecule has 2 N–H and O–H groups in total. The minimum absolute atomic E-state index is 0.285. The molecule has 0 aliphatic carbocycles. The first-order valence-corrected chi connectivity index (χ1v) is 7.09. The van der Waals surface area contributed by atoms with Crippen LogP contribution >= 0.6 is 12.2 Å². The number of rotatable bonds is 5. The normalized spacial score (nSPS) is 14.6. The van der Waals surface area contributed by atoms with Gasteiger partial charge in [-0.25, -0.2) is 4.79 Å². The Labute approximate surface area is 124 Å². The maximum absolute atomic E-state index is 12.2. The summed E-state index contributed by atoms with van der Waals surface area (Å²) in [7, 11) is 0. The monoisotopic (exact) mass is 290 g/mol. The molecule has 0 amide bonds. The number of allylic oxidation sites excluding steroid dienone is 1. The lowest BCUT2D eigenvalue weighted by Gasteiger charge is -2.23. The Balaban J connectivity index is 2.02. The Morgan fingerprint density at radius 3 is 2.80 bits per heavy atom. The number of hydrogen-bond acceptors (Lipinski definition) is 3. The molecule has 0 aromatic heterocycles. The Kier molecular flexibility index (Phi) is 5.12. The van der Waals surface area contributed by atoms with Gasteiger partial charge in [0.15, 0.2) is 5.11 Å². The first-order chi connectivity index (χ1) is 9.70. The number of benzene rings is 1. The molecule has 0 atom stereocenters. The van der Waals surface area contributed by atoms with Gasteiger partial charge in [-0.2, -0.15) is 0 Å². The van der Waals surface area contributed by atoms with Crippen molar-refractivity contribution in [3.8, 4) is 0 Å². The fourth-order valence-corrected chi connectivity index (χ4v) is 2.20. The van der Waals surface area contributed by atoms with E-state index in [0.29, 0.717) is 17.2 Å². The van der Waals surface area contributed by atoms with Gasteiger partial charge >= 0.3 is 5.97 Å². The highest BCUT2D eigenvalue weighted by Crippen LogP contribution is 2.14. The van der Waals surface area contributed by atoms with Crippen molar-refractivity contribution in [1.82, 2.24) is 10.6 Å². The topological polar surface area (TPSA) is 50.4 Å². The molecular weight excluding hydrogens is 272 g/mol. The lowest BCUT2D eigenvalue weighted by atomic mass is 10.1. The second-order valence-electron chi connectivity index (χ2n) is 4.58. The molecule has 2 rings (SSSR count). The average Bonchev–Trinajstić information content (AvgIpc) is 2.46. The summed E-state index contributed by atoms with van der Waals surface area (Å²) in [6.07, 6.45) is 1.73. The molecule has 0 saturated carbocycles. The van der Waals surface area contributed by atoms with Crippen molar-refractivity contribution in [3.05, 3.63) is 47.2 Å². The lowest BCUT2D eigenvalue weighted by molar-refractivity contribution is -0.140. The molecule has 1 aliphatic heterocycles. The van der Waals surface area contributed by atoms with Crippen LogP contribution in [0.15, 0.2) is 41.6 Å². The number of nitrogens with one attached hydrogen (secondary N) is 2. The molecule has 1 aliphatic rings. The van der Waals surface area contributed by atoms with E-state index in [0.717, 1.165) is 24.1 Å². The molecule has 0 unspecified atom stereocenters. The first kappa shape index (κ1) is 14.5. The Morgan fingerprint density at radius 1 is 1.35 bits per heavy atom. The second kappa shape index (κ2) is 7.05. The van der Waals surface area contributed by atoms with Crippen molar-refractivity contribution in [3.63, 3.8) is 0 Å². The molecule has 1 aromatic carbocycles. The van der Waals surface area contributed by atoms with Gasteiger partial charge in [0.2, 0.25) is 0 Å². The van der Waals surface area contributed by atoms with Gasteiger partial charge in [-0.05, 0) is 24.2 Å². The number of ether oxygens (including phenoxy) is 1. The number of hydrogen-bond donors (Lipinski definition) is 2. The molecule has 106 valence electrons. The van der Waals surface area contributed by atoms with Crippen molar-refractivity contribution in [2.75, 3.05) is 6.54 Å². The summed E-state index contributed by atoms with van der Waals surface area (Å²) in [4.78, 5) is 12.2. The highest BCUT2D eigenvalue weighted by Gasteiger charge is 2.21. The van der Waals surface area contributed by atoms with Gasteiger partial charge in [0.25, 0.3) is 0 Å². The van der Waals surface area contributed by atoms with Gasteiger partial charge < -0.3 is 15.4 Å². The van der Waals surface area contributed by atoms with E-state index in [9.17, 15) is 4.79 Å². The van der Waals surface area contributed by atoms with E-state index in [4.69, 9.17) is 17.0 Å². The van der Waals surface area contributed by atoms with Gasteiger partial charge in [-0.15, -0.1) is 0 Å². The summed E-state index contributed by atoms with van der Waals surface area (Å²) >= 11 is 5.07. The van der Waals surface area contributed by atoms with Gasteiger partial charge in [0, 0.05) is 5.70 Å². The van der Waals surface area contributed by atoms with Crippen molar-refractivity contribution < 1.29 is 9.53 Å². The fourth-order valence-electron chi connectivity index (χ4n) is 2.00. The van der Waals surface area contributed by atoms with Crippen LogP contribution in [-0.4, -0.2) is 17.6 Å². The van der Waals surface area contributed by atoms with E-state index in [1.54, 1.807) is 0 Å². The molecule has 0 fully saturated rings. The molecular formula is C15H18N2O2S. The first-order valence-electron chi connectivity index (χ1n) is 6.68. The number of esters is 1. The predicted octanol–water partition coefficient (Wildman–Crippen LogP) is 2.26. The van der Waals surface area contributed by atoms with Crippen molar-refractivity contribution in [2.24, 2.45) is 0 Å². The summed E-state index contributed by atoms with van der Waals surface area (Å²) in [5.74, 6) is -0.292. The van der Waals surface area contributed by atoms with Crippen LogP contribution in [0, 0.1) is 0 Å². The summed E-state index contributed by atoms with van der Waals surface area (Å²) in [6.45, 7) is 2.77. The highest BCUT2D eigenvalue weighted by atomic mass is 32.1. The smallest absolute Gasteiger partial charge is 0.337 e. The van der Waals surface area contributed by atoms with E-state index in [1.165, 1.54) is 0 Å². The maximum atomic E-state index is 12.2. The Bertz CT molecular complexity index is 526. The molecule has 0 bridgehead atoms. The van der Waals surface area contributed by atoms with Gasteiger partial charge in [-0.3, -0.25) is 0 Å². The summed E-state index contributed by atoms with van der Waals surface area (Å²) < 4.78 is 5.36. The zero-order chi connectivity index (χ0) is 14.4. The molecule has 1 aromatic rings. The predicted molar refractivity (Wildman–Crippen MR) is 81.9 cm³/mol. The van der Waals surface area contributed by atoms with E-state index in [1.807, 2.05) is 30.3 Å². The SMILES string of the molecule is CCCC1=C(C(=O)OCc2ccccc2)CNC(=S)N1. The molecule has 5 heteroatoms. The van der Waals surface area contributed by atoms with Crippen LogP contribution in [0.2, 0.25) is 0 Å². The quantitative estimate of drug-likeness (QED) is 0.643. The van der Waals surface area contributed by atoms with Crippen LogP contribution in [0.4, 0.5) is 0 Å². The summed E-state index contributed by atoms with van der Waals surface area (Å²) in [5.41, 5.74) is 2.48. The third-order valence-electron chi connectivity index (χ3n) is 3.01. The standard InChI is InChI=1S/C15H18N2O2S/c1-2-6-13-12(9-16-15(20)17-13)14(18)19-10-11-7-4-3-5-8-11/h3-5,7-8H,2,6,9-10H2,1H3,(H2,16,17,20). The Morgan fingerprint density at radius 2 is 2.10 bits per heavy atom. The number of thiocarbonyl (C=S) groups is 1. The van der Waals surface area contributed by atoms with Crippen LogP contribution in [0.25, 0.3) is 0 Å². The van der Waals surface area contributed by atoms with E-state index < -0.39 is 0 Å². The molecule has 0 radical (unpaired) electrons.